The number of nitro groups is 1. The topological polar surface area (TPSA) is 110 Å². The van der Waals surface area contributed by atoms with Gasteiger partial charge in [0.2, 0.25) is 5.91 Å². The number of anilines is 1. The summed E-state index contributed by atoms with van der Waals surface area (Å²) in [6.07, 6.45) is 1.13. The van der Waals surface area contributed by atoms with E-state index in [-0.39, 0.29) is 29.8 Å². The Hall–Kier alpha value is -2.90. The number of carbonyl (C=O) groups excluding carboxylic acids is 1. The lowest BCUT2D eigenvalue weighted by molar-refractivity contribution is -0.385. The maximum Gasteiger partial charge on any atom is 0.309 e. The molecule has 1 aromatic heterocycles. The van der Waals surface area contributed by atoms with Crippen LogP contribution in [0.3, 0.4) is 0 Å². The van der Waals surface area contributed by atoms with Crippen LogP contribution in [0.25, 0.3) is 0 Å². The second-order valence-electron chi connectivity index (χ2n) is 5.96. The minimum atomic E-state index is -0.532. The van der Waals surface area contributed by atoms with Crippen LogP contribution in [0.2, 0.25) is 0 Å². The average Bonchev–Trinajstić information content (AvgIpc) is 2.82. The molecule has 128 valence electrons. The van der Waals surface area contributed by atoms with Crippen molar-refractivity contribution in [3.63, 3.8) is 0 Å². The number of nitrogens with zero attached hydrogens (tertiary/aromatic N) is 3. The van der Waals surface area contributed by atoms with Crippen molar-refractivity contribution in [2.75, 3.05) is 5.32 Å². The minimum Gasteiger partial charge on any atom is -0.508 e. The number of phenolic OH excluding ortho intramolecular Hbond substituents is 1. The third-order valence-electron chi connectivity index (χ3n) is 3.84. The number of aromatic nitrogens is 2. The Morgan fingerprint density at radius 1 is 1.42 bits per heavy atom. The molecule has 0 unspecified atom stereocenters. The van der Waals surface area contributed by atoms with Gasteiger partial charge in [-0.3, -0.25) is 19.6 Å². The molecule has 0 fully saturated rings. The van der Waals surface area contributed by atoms with E-state index in [2.05, 4.69) is 10.4 Å². The van der Waals surface area contributed by atoms with E-state index in [9.17, 15) is 20.0 Å². The van der Waals surface area contributed by atoms with Crippen molar-refractivity contribution in [1.82, 2.24) is 9.78 Å². The van der Waals surface area contributed by atoms with Crippen LogP contribution in [-0.4, -0.2) is 25.7 Å². The normalized spacial score (nSPS) is 10.9. The Bertz CT molecular complexity index is 796. The maximum absolute atomic E-state index is 12.2. The first kappa shape index (κ1) is 17.5. The van der Waals surface area contributed by atoms with Crippen molar-refractivity contribution in [2.24, 2.45) is 0 Å². The van der Waals surface area contributed by atoms with Crippen LogP contribution in [-0.2, 0) is 11.3 Å². The molecule has 0 aliphatic heterocycles. The van der Waals surface area contributed by atoms with Crippen molar-refractivity contribution in [3.05, 3.63) is 45.3 Å². The van der Waals surface area contributed by atoms with Gasteiger partial charge in [-0.05, 0) is 43.0 Å². The van der Waals surface area contributed by atoms with Crippen LogP contribution in [0.1, 0.15) is 36.6 Å². The summed E-state index contributed by atoms with van der Waals surface area (Å²) in [6.45, 7) is 7.09. The van der Waals surface area contributed by atoms with Gasteiger partial charge in [-0.15, -0.1) is 0 Å². The summed E-state index contributed by atoms with van der Waals surface area (Å²) in [7, 11) is 0. The number of hydrogen-bond acceptors (Lipinski definition) is 5. The zero-order valence-electron chi connectivity index (χ0n) is 14.0. The number of hydrogen-bond donors (Lipinski definition) is 2. The molecule has 2 rings (SSSR count). The molecule has 1 amide bonds. The van der Waals surface area contributed by atoms with Gasteiger partial charge < -0.3 is 10.4 Å². The predicted molar refractivity (Wildman–Crippen MR) is 89.2 cm³/mol. The van der Waals surface area contributed by atoms with Crippen LogP contribution >= 0.6 is 0 Å². The van der Waals surface area contributed by atoms with Gasteiger partial charge in [0, 0.05) is 5.69 Å². The van der Waals surface area contributed by atoms with Gasteiger partial charge in [0.1, 0.15) is 24.2 Å². The number of amides is 1. The Kier molecular flexibility index (Phi) is 4.87. The van der Waals surface area contributed by atoms with Gasteiger partial charge in [0.25, 0.3) is 0 Å². The number of phenols is 1. The summed E-state index contributed by atoms with van der Waals surface area (Å²) >= 11 is 0. The van der Waals surface area contributed by atoms with E-state index in [0.717, 1.165) is 17.3 Å². The fourth-order valence-electron chi connectivity index (χ4n) is 2.41. The summed E-state index contributed by atoms with van der Waals surface area (Å²) in [5.41, 5.74) is 2.27. The van der Waals surface area contributed by atoms with E-state index >= 15 is 0 Å². The van der Waals surface area contributed by atoms with Crippen LogP contribution < -0.4 is 5.32 Å². The monoisotopic (exact) mass is 332 g/mol. The van der Waals surface area contributed by atoms with E-state index in [1.54, 1.807) is 26.0 Å². The molecule has 1 heterocycles. The van der Waals surface area contributed by atoms with Gasteiger partial charge in [0.15, 0.2) is 0 Å². The van der Waals surface area contributed by atoms with E-state index in [1.807, 2.05) is 13.8 Å². The fourth-order valence-corrected chi connectivity index (χ4v) is 2.41. The molecule has 24 heavy (non-hydrogen) atoms. The average molecular weight is 332 g/mol. The van der Waals surface area contributed by atoms with Gasteiger partial charge >= 0.3 is 5.69 Å². The van der Waals surface area contributed by atoms with Gasteiger partial charge in [-0.1, -0.05) is 13.8 Å². The zero-order chi connectivity index (χ0) is 18.0. The van der Waals surface area contributed by atoms with Crippen molar-refractivity contribution in [1.29, 1.82) is 0 Å². The molecule has 0 aliphatic carbocycles. The molecular formula is C16H20N4O4. The molecule has 0 atom stereocenters. The Balaban J connectivity index is 2.18. The number of aryl methyl sites for hydroxylation is 1. The molecule has 0 spiro atoms. The molecule has 8 nitrogen and oxygen atoms in total. The molecule has 8 heteroatoms. The van der Waals surface area contributed by atoms with Crippen LogP contribution in [0.5, 0.6) is 5.75 Å². The molecule has 0 saturated carbocycles. The molecule has 0 bridgehead atoms. The minimum absolute atomic E-state index is 0.109. The molecule has 0 aliphatic rings. The number of aromatic hydroxyl groups is 1. The van der Waals surface area contributed by atoms with Gasteiger partial charge in [0.05, 0.1) is 4.92 Å². The number of rotatable bonds is 5. The summed E-state index contributed by atoms with van der Waals surface area (Å²) in [4.78, 5) is 22.5. The molecule has 1 aromatic carbocycles. The van der Waals surface area contributed by atoms with Gasteiger partial charge in [-0.25, -0.2) is 0 Å². The first-order chi connectivity index (χ1) is 11.2. The fraction of sp³-hybridized carbons (Fsp3) is 0.375. The smallest absolute Gasteiger partial charge is 0.309 e. The summed E-state index contributed by atoms with van der Waals surface area (Å²) < 4.78 is 1.28. The lowest BCUT2D eigenvalue weighted by Crippen LogP contribution is -2.21. The van der Waals surface area contributed by atoms with Crippen LogP contribution in [0.4, 0.5) is 11.4 Å². The molecular weight excluding hydrogens is 312 g/mol. The van der Waals surface area contributed by atoms with E-state index in [0.29, 0.717) is 11.4 Å². The van der Waals surface area contributed by atoms with Crippen molar-refractivity contribution < 1.29 is 14.8 Å². The quantitative estimate of drug-likeness (QED) is 0.497. The van der Waals surface area contributed by atoms with Gasteiger partial charge in [-0.2, -0.15) is 5.10 Å². The second kappa shape index (κ2) is 6.69. The van der Waals surface area contributed by atoms with E-state index in [4.69, 9.17) is 0 Å². The first-order valence-electron chi connectivity index (χ1n) is 7.50. The highest BCUT2D eigenvalue weighted by atomic mass is 16.6. The standard InChI is InChI=1S/C16H20N4O4/c1-9(2)12-6-13(10(3)5-15(12)21)18-16(22)8-19-11(4)14(7-17-19)20(23)24/h5-7,9,21H,8H2,1-4H3,(H,18,22). The molecule has 0 saturated heterocycles. The van der Waals surface area contributed by atoms with Crippen molar-refractivity contribution in [2.45, 2.75) is 40.2 Å². The highest BCUT2D eigenvalue weighted by molar-refractivity contribution is 5.91. The Morgan fingerprint density at radius 2 is 2.08 bits per heavy atom. The number of carbonyl (C=O) groups is 1. The molecule has 0 radical (unpaired) electrons. The van der Waals surface area contributed by atoms with Crippen molar-refractivity contribution >= 4 is 17.3 Å². The summed E-state index contributed by atoms with van der Waals surface area (Å²) in [5, 5.41) is 27.4. The third-order valence-corrected chi connectivity index (χ3v) is 3.84. The van der Waals surface area contributed by atoms with Crippen LogP contribution in [0, 0.1) is 24.0 Å². The molecule has 2 N–H and O–H groups in total. The largest absolute Gasteiger partial charge is 0.508 e. The Labute approximate surface area is 139 Å². The lowest BCUT2D eigenvalue weighted by atomic mass is 9.99. The lowest BCUT2D eigenvalue weighted by Gasteiger charge is -2.14. The first-order valence-corrected chi connectivity index (χ1v) is 7.50. The summed E-state index contributed by atoms with van der Waals surface area (Å²) in [5.74, 6) is -0.0455. The second-order valence-corrected chi connectivity index (χ2v) is 5.96. The highest BCUT2D eigenvalue weighted by Crippen LogP contribution is 2.31. The zero-order valence-corrected chi connectivity index (χ0v) is 14.0. The number of benzene rings is 1. The predicted octanol–water partition coefficient (Wildman–Crippen LogP) is 2.88. The Morgan fingerprint density at radius 3 is 2.62 bits per heavy atom. The summed E-state index contributed by atoms with van der Waals surface area (Å²) in [6, 6.07) is 3.35. The number of nitrogens with one attached hydrogen (secondary N) is 1. The van der Waals surface area contributed by atoms with E-state index in [1.165, 1.54) is 4.68 Å². The maximum atomic E-state index is 12.2. The third kappa shape index (κ3) is 3.53. The van der Waals surface area contributed by atoms with Crippen molar-refractivity contribution in [3.8, 4) is 5.75 Å². The highest BCUT2D eigenvalue weighted by Gasteiger charge is 2.18. The van der Waals surface area contributed by atoms with Crippen LogP contribution in [0.15, 0.2) is 18.3 Å². The SMILES string of the molecule is Cc1cc(O)c(C(C)C)cc1NC(=O)Cn1ncc([N+](=O)[O-])c1C. The molecule has 2 aromatic rings. The van der Waals surface area contributed by atoms with E-state index < -0.39 is 4.92 Å².